The Morgan fingerprint density at radius 1 is 1.43 bits per heavy atom. The van der Waals surface area contributed by atoms with Crippen LogP contribution >= 0.6 is 24.0 Å². The smallest absolute Gasteiger partial charge is 0.276 e. The van der Waals surface area contributed by atoms with Crippen LogP contribution in [0.2, 0.25) is 5.02 Å². The quantitative estimate of drug-likeness (QED) is 0.920. The van der Waals surface area contributed by atoms with E-state index in [1.807, 2.05) is 24.3 Å². The van der Waals surface area contributed by atoms with Crippen molar-refractivity contribution in [3.05, 3.63) is 52.9 Å². The fourth-order valence-electron chi connectivity index (χ4n) is 2.43. The van der Waals surface area contributed by atoms with Crippen LogP contribution in [0.25, 0.3) is 0 Å². The molecule has 2 aromatic rings. The molecule has 0 aliphatic carbocycles. The molecule has 0 radical (unpaired) electrons. The molecule has 1 aromatic heterocycles. The number of halogens is 2. The van der Waals surface area contributed by atoms with Crippen molar-refractivity contribution in [1.82, 2.24) is 15.4 Å². The second-order valence-electron chi connectivity index (χ2n) is 4.66. The molecule has 112 valence electrons. The summed E-state index contributed by atoms with van der Waals surface area (Å²) < 4.78 is 4.75. The van der Waals surface area contributed by atoms with Gasteiger partial charge >= 0.3 is 0 Å². The monoisotopic (exact) mass is 327 g/mol. The Kier molecular flexibility index (Phi) is 5.22. The minimum Gasteiger partial charge on any atom is -0.364 e. The third kappa shape index (κ3) is 3.37. The van der Waals surface area contributed by atoms with Gasteiger partial charge in [0.2, 0.25) is 0 Å². The Balaban J connectivity index is 0.00000161. The van der Waals surface area contributed by atoms with Gasteiger partial charge in [0.05, 0.1) is 6.04 Å². The minimum atomic E-state index is -0.120. The zero-order chi connectivity index (χ0) is 13.9. The molecule has 5 nitrogen and oxygen atoms in total. The van der Waals surface area contributed by atoms with Gasteiger partial charge in [0.15, 0.2) is 5.69 Å². The highest BCUT2D eigenvalue weighted by Crippen LogP contribution is 2.25. The van der Waals surface area contributed by atoms with Crippen molar-refractivity contribution in [3.8, 4) is 0 Å². The lowest BCUT2D eigenvalue weighted by molar-refractivity contribution is 0.0623. The van der Waals surface area contributed by atoms with E-state index in [2.05, 4.69) is 10.5 Å². The molecule has 2 heterocycles. The molecule has 1 aliphatic rings. The Bertz CT molecular complexity index is 604. The van der Waals surface area contributed by atoms with Gasteiger partial charge in [0.25, 0.3) is 5.91 Å². The summed E-state index contributed by atoms with van der Waals surface area (Å²) in [5, 5.41) is 7.69. The molecular weight excluding hydrogens is 313 g/mol. The van der Waals surface area contributed by atoms with Gasteiger partial charge in [-0.2, -0.15) is 0 Å². The molecule has 1 N–H and O–H groups in total. The zero-order valence-corrected chi connectivity index (χ0v) is 12.7. The summed E-state index contributed by atoms with van der Waals surface area (Å²) in [6.45, 7) is 2.09. The Hall–Kier alpha value is -1.56. The van der Waals surface area contributed by atoms with Crippen molar-refractivity contribution in [2.24, 2.45) is 0 Å². The number of aromatic nitrogens is 1. The van der Waals surface area contributed by atoms with Gasteiger partial charge in [0.1, 0.15) is 6.26 Å². The number of nitrogens with one attached hydrogen (secondary N) is 1. The molecule has 0 spiro atoms. The van der Waals surface area contributed by atoms with E-state index < -0.39 is 0 Å². The second kappa shape index (κ2) is 6.93. The van der Waals surface area contributed by atoms with Gasteiger partial charge in [-0.1, -0.05) is 28.9 Å². The molecule has 3 rings (SSSR count). The van der Waals surface area contributed by atoms with Crippen LogP contribution in [0.3, 0.4) is 0 Å². The predicted molar refractivity (Wildman–Crippen MR) is 81.9 cm³/mol. The van der Waals surface area contributed by atoms with Crippen LogP contribution in [-0.2, 0) is 0 Å². The lowest BCUT2D eigenvalue weighted by Gasteiger charge is -2.36. The number of nitrogens with zero attached hydrogens (tertiary/aromatic N) is 2. The maximum atomic E-state index is 12.5. The lowest BCUT2D eigenvalue weighted by Crippen LogP contribution is -2.48. The average molecular weight is 328 g/mol. The summed E-state index contributed by atoms with van der Waals surface area (Å²) in [5.41, 5.74) is 1.35. The molecule has 0 saturated carbocycles. The molecule has 7 heteroatoms. The van der Waals surface area contributed by atoms with Crippen LogP contribution in [0.15, 0.2) is 41.1 Å². The first kappa shape index (κ1) is 15.8. The standard InChI is InChI=1S/C14H14ClN3O2.ClH/c15-11-3-1-2-10(8-11)13-9-16-5-6-18(13)14(19)12-4-7-20-17-12;/h1-4,7-8,13,16H,5-6,9H2;1H. The Labute approximate surface area is 133 Å². The van der Waals surface area contributed by atoms with E-state index in [1.165, 1.54) is 6.26 Å². The number of hydrogen-bond donors (Lipinski definition) is 1. The number of carbonyl (C=O) groups is 1. The van der Waals surface area contributed by atoms with E-state index in [9.17, 15) is 4.79 Å². The van der Waals surface area contributed by atoms with Gasteiger partial charge in [-0.25, -0.2) is 0 Å². The highest BCUT2D eigenvalue weighted by atomic mass is 35.5. The third-order valence-corrected chi connectivity index (χ3v) is 3.63. The topological polar surface area (TPSA) is 58.4 Å². The molecule has 1 unspecified atom stereocenters. The van der Waals surface area contributed by atoms with Crippen LogP contribution in [0, 0.1) is 0 Å². The number of rotatable bonds is 2. The molecule has 1 aliphatic heterocycles. The van der Waals surface area contributed by atoms with E-state index in [4.69, 9.17) is 16.1 Å². The van der Waals surface area contributed by atoms with Crippen LogP contribution in [0.5, 0.6) is 0 Å². The van der Waals surface area contributed by atoms with Crippen molar-refractivity contribution < 1.29 is 9.32 Å². The first-order valence-electron chi connectivity index (χ1n) is 6.43. The molecule has 1 atom stereocenters. The predicted octanol–water partition coefficient (Wildman–Crippen LogP) is 2.54. The fraction of sp³-hybridized carbons (Fsp3) is 0.286. The van der Waals surface area contributed by atoms with E-state index in [1.54, 1.807) is 11.0 Å². The summed E-state index contributed by atoms with van der Waals surface area (Å²) in [5.74, 6) is -0.120. The van der Waals surface area contributed by atoms with Gasteiger partial charge in [-0.3, -0.25) is 4.79 Å². The first-order valence-corrected chi connectivity index (χ1v) is 6.81. The number of piperazine rings is 1. The van der Waals surface area contributed by atoms with Crippen molar-refractivity contribution in [3.63, 3.8) is 0 Å². The lowest BCUT2D eigenvalue weighted by atomic mass is 10.0. The SMILES string of the molecule is Cl.O=C(c1ccon1)N1CCNCC1c1cccc(Cl)c1. The number of amides is 1. The van der Waals surface area contributed by atoms with Crippen LogP contribution in [-0.4, -0.2) is 35.6 Å². The van der Waals surface area contributed by atoms with E-state index in [-0.39, 0.29) is 24.4 Å². The highest BCUT2D eigenvalue weighted by Gasteiger charge is 2.29. The van der Waals surface area contributed by atoms with Crippen LogP contribution in [0.1, 0.15) is 22.1 Å². The molecule has 0 bridgehead atoms. The summed E-state index contributed by atoms with van der Waals surface area (Å²) >= 11 is 6.04. The zero-order valence-electron chi connectivity index (χ0n) is 11.2. The van der Waals surface area contributed by atoms with E-state index in [0.29, 0.717) is 23.8 Å². The average Bonchev–Trinajstić information content (AvgIpc) is 3.01. The van der Waals surface area contributed by atoms with E-state index >= 15 is 0 Å². The van der Waals surface area contributed by atoms with Crippen LogP contribution in [0.4, 0.5) is 0 Å². The van der Waals surface area contributed by atoms with Crippen molar-refractivity contribution in [1.29, 1.82) is 0 Å². The fourth-order valence-corrected chi connectivity index (χ4v) is 2.63. The maximum Gasteiger partial charge on any atom is 0.276 e. The summed E-state index contributed by atoms with van der Waals surface area (Å²) in [6.07, 6.45) is 1.41. The molecule has 1 saturated heterocycles. The minimum absolute atomic E-state index is 0. The molecular formula is C14H15Cl2N3O2. The Morgan fingerprint density at radius 3 is 3.00 bits per heavy atom. The number of benzene rings is 1. The van der Waals surface area contributed by atoms with Gasteiger partial charge in [-0.05, 0) is 17.7 Å². The summed E-state index contributed by atoms with van der Waals surface area (Å²) in [6, 6.07) is 9.12. The van der Waals surface area contributed by atoms with E-state index in [0.717, 1.165) is 12.1 Å². The summed E-state index contributed by atoms with van der Waals surface area (Å²) in [4.78, 5) is 14.3. The van der Waals surface area contributed by atoms with Crippen LogP contribution < -0.4 is 5.32 Å². The maximum absolute atomic E-state index is 12.5. The first-order chi connectivity index (χ1) is 9.75. The van der Waals surface area contributed by atoms with Gasteiger partial charge in [0, 0.05) is 30.7 Å². The van der Waals surface area contributed by atoms with Gasteiger partial charge in [-0.15, -0.1) is 12.4 Å². The van der Waals surface area contributed by atoms with Gasteiger partial charge < -0.3 is 14.7 Å². The highest BCUT2D eigenvalue weighted by molar-refractivity contribution is 6.30. The largest absolute Gasteiger partial charge is 0.364 e. The number of carbonyl (C=O) groups excluding carboxylic acids is 1. The number of hydrogen-bond acceptors (Lipinski definition) is 4. The Morgan fingerprint density at radius 2 is 2.29 bits per heavy atom. The molecule has 1 amide bonds. The second-order valence-corrected chi connectivity index (χ2v) is 5.09. The molecule has 1 fully saturated rings. The van der Waals surface area contributed by atoms with Crippen molar-refractivity contribution in [2.75, 3.05) is 19.6 Å². The normalized spacial score (nSPS) is 18.1. The molecule has 1 aromatic carbocycles. The van der Waals surface area contributed by atoms with Crippen molar-refractivity contribution >= 4 is 29.9 Å². The third-order valence-electron chi connectivity index (χ3n) is 3.39. The summed E-state index contributed by atoms with van der Waals surface area (Å²) in [7, 11) is 0. The van der Waals surface area contributed by atoms with Crippen molar-refractivity contribution in [2.45, 2.75) is 6.04 Å². The molecule has 21 heavy (non-hydrogen) atoms.